The average molecular weight is 369 g/mol. The maximum absolute atomic E-state index is 6.32. The molecule has 4 nitrogen and oxygen atoms in total. The SMILES string of the molecule is CCNC(=S)NN=Cc1cc(C)n(-c2ccc(Cl)cc2Cl)c1C. The Bertz CT molecular complexity index is 753. The lowest BCUT2D eigenvalue weighted by molar-refractivity contribution is 0.903. The Labute approximate surface area is 151 Å². The monoisotopic (exact) mass is 368 g/mol. The third-order valence-electron chi connectivity index (χ3n) is 3.33. The number of hydrogen-bond donors (Lipinski definition) is 2. The minimum absolute atomic E-state index is 0.498. The first-order valence-electron chi connectivity index (χ1n) is 7.15. The van der Waals surface area contributed by atoms with Crippen molar-refractivity contribution in [2.75, 3.05) is 6.54 Å². The summed E-state index contributed by atoms with van der Waals surface area (Å²) in [5.41, 5.74) is 6.75. The lowest BCUT2D eigenvalue weighted by Gasteiger charge is -2.11. The second kappa shape index (κ2) is 7.81. The number of aromatic nitrogens is 1. The highest BCUT2D eigenvalue weighted by molar-refractivity contribution is 7.80. The molecule has 0 saturated heterocycles. The van der Waals surface area contributed by atoms with Gasteiger partial charge in [0.1, 0.15) is 0 Å². The molecule has 23 heavy (non-hydrogen) atoms. The highest BCUT2D eigenvalue weighted by atomic mass is 35.5. The third-order valence-corrected chi connectivity index (χ3v) is 4.10. The predicted octanol–water partition coefficient (Wildman–Crippen LogP) is 4.22. The molecule has 0 amide bonds. The van der Waals surface area contributed by atoms with Crippen molar-refractivity contribution >= 4 is 46.7 Å². The quantitative estimate of drug-likeness (QED) is 0.482. The van der Waals surface area contributed by atoms with Crippen LogP contribution >= 0.6 is 35.4 Å². The molecule has 0 spiro atoms. The average Bonchev–Trinajstić information content (AvgIpc) is 2.75. The Morgan fingerprint density at radius 2 is 2.04 bits per heavy atom. The van der Waals surface area contributed by atoms with E-state index in [2.05, 4.69) is 20.4 Å². The van der Waals surface area contributed by atoms with Crippen LogP contribution in [-0.2, 0) is 0 Å². The van der Waals surface area contributed by atoms with E-state index in [1.807, 2.05) is 39.0 Å². The van der Waals surface area contributed by atoms with Gasteiger partial charge in [-0.25, -0.2) is 0 Å². The summed E-state index contributed by atoms with van der Waals surface area (Å²) in [5.74, 6) is 0. The molecule has 0 bridgehead atoms. The van der Waals surface area contributed by atoms with Crippen LogP contribution in [0.5, 0.6) is 0 Å². The van der Waals surface area contributed by atoms with Crippen LogP contribution in [0.3, 0.4) is 0 Å². The number of nitrogens with zero attached hydrogens (tertiary/aromatic N) is 2. The van der Waals surface area contributed by atoms with Crippen LogP contribution < -0.4 is 10.7 Å². The molecule has 0 saturated carbocycles. The molecule has 0 aliphatic heterocycles. The zero-order valence-corrected chi connectivity index (χ0v) is 15.5. The summed E-state index contributed by atoms with van der Waals surface area (Å²) in [6.07, 6.45) is 1.74. The third kappa shape index (κ3) is 4.25. The van der Waals surface area contributed by atoms with Gasteiger partial charge in [-0.05, 0) is 57.3 Å². The van der Waals surface area contributed by atoms with Crippen LogP contribution in [0.4, 0.5) is 0 Å². The molecule has 7 heteroatoms. The molecule has 1 heterocycles. The molecule has 122 valence electrons. The van der Waals surface area contributed by atoms with Crippen molar-refractivity contribution < 1.29 is 0 Å². The molecule has 0 aliphatic rings. The van der Waals surface area contributed by atoms with Gasteiger partial charge in [0.15, 0.2) is 5.11 Å². The maximum Gasteiger partial charge on any atom is 0.186 e. The summed E-state index contributed by atoms with van der Waals surface area (Å²) in [7, 11) is 0. The van der Waals surface area contributed by atoms with Gasteiger partial charge in [0, 0.05) is 28.5 Å². The standard InChI is InChI=1S/C16H18Cl2N4S/c1-4-19-16(23)21-20-9-12-7-10(2)22(11(12)3)15-6-5-13(17)8-14(15)18/h5-9H,4H2,1-3H3,(H2,19,21,23). The normalized spacial score (nSPS) is 11.0. The minimum atomic E-state index is 0.498. The molecule has 0 unspecified atom stereocenters. The predicted molar refractivity (Wildman–Crippen MR) is 102 cm³/mol. The number of hydrogen-bond acceptors (Lipinski definition) is 2. The lowest BCUT2D eigenvalue weighted by atomic mass is 10.2. The highest BCUT2D eigenvalue weighted by Gasteiger charge is 2.12. The van der Waals surface area contributed by atoms with Crippen LogP contribution in [-0.4, -0.2) is 22.4 Å². The summed E-state index contributed by atoms with van der Waals surface area (Å²) < 4.78 is 2.07. The molecular weight excluding hydrogens is 351 g/mol. The van der Waals surface area contributed by atoms with Crippen LogP contribution in [0.1, 0.15) is 23.9 Å². The Balaban J connectivity index is 2.29. The largest absolute Gasteiger partial charge is 0.362 e. The van der Waals surface area contributed by atoms with Gasteiger partial charge in [0.25, 0.3) is 0 Å². The van der Waals surface area contributed by atoms with Gasteiger partial charge in [0.2, 0.25) is 0 Å². The number of halogens is 2. The molecule has 2 aromatic rings. The van der Waals surface area contributed by atoms with E-state index in [-0.39, 0.29) is 0 Å². The Morgan fingerprint density at radius 1 is 1.30 bits per heavy atom. The summed E-state index contributed by atoms with van der Waals surface area (Å²) in [6.45, 7) is 6.76. The Kier molecular flexibility index (Phi) is 6.04. The summed E-state index contributed by atoms with van der Waals surface area (Å²) in [4.78, 5) is 0. The number of benzene rings is 1. The number of aryl methyl sites for hydroxylation is 1. The van der Waals surface area contributed by atoms with Crippen molar-refractivity contribution in [2.45, 2.75) is 20.8 Å². The molecule has 2 rings (SSSR count). The second-order valence-corrected chi connectivity index (χ2v) is 6.24. The molecular formula is C16H18Cl2N4S. The Morgan fingerprint density at radius 3 is 2.70 bits per heavy atom. The van der Waals surface area contributed by atoms with Crippen molar-refractivity contribution in [1.29, 1.82) is 0 Å². The summed E-state index contributed by atoms with van der Waals surface area (Å²) in [6, 6.07) is 7.51. The van der Waals surface area contributed by atoms with E-state index < -0.39 is 0 Å². The van der Waals surface area contributed by atoms with E-state index in [0.29, 0.717) is 15.2 Å². The molecule has 0 radical (unpaired) electrons. The number of rotatable bonds is 4. The van der Waals surface area contributed by atoms with Gasteiger partial charge >= 0.3 is 0 Å². The van der Waals surface area contributed by atoms with Crippen LogP contribution in [0, 0.1) is 13.8 Å². The maximum atomic E-state index is 6.32. The van der Waals surface area contributed by atoms with Gasteiger partial charge in [0.05, 0.1) is 16.9 Å². The van der Waals surface area contributed by atoms with Crippen molar-refractivity contribution in [3.05, 3.63) is 51.3 Å². The van der Waals surface area contributed by atoms with Crippen LogP contribution in [0.2, 0.25) is 10.0 Å². The molecule has 0 fully saturated rings. The fourth-order valence-electron chi connectivity index (χ4n) is 2.31. The van der Waals surface area contributed by atoms with E-state index in [0.717, 1.165) is 29.2 Å². The smallest absolute Gasteiger partial charge is 0.186 e. The fourth-order valence-corrected chi connectivity index (χ4v) is 3.00. The molecule has 0 atom stereocenters. The first-order valence-corrected chi connectivity index (χ1v) is 8.31. The molecule has 1 aromatic heterocycles. The number of thiocarbonyl (C=S) groups is 1. The lowest BCUT2D eigenvalue weighted by Crippen LogP contribution is -2.31. The van der Waals surface area contributed by atoms with Gasteiger partial charge < -0.3 is 9.88 Å². The Hall–Kier alpha value is -1.56. The van der Waals surface area contributed by atoms with Crippen molar-refractivity contribution in [3.8, 4) is 5.69 Å². The van der Waals surface area contributed by atoms with Gasteiger partial charge in [-0.15, -0.1) is 0 Å². The summed E-state index contributed by atoms with van der Waals surface area (Å²) in [5, 5.41) is 8.85. The topological polar surface area (TPSA) is 41.4 Å². The zero-order chi connectivity index (χ0) is 17.0. The zero-order valence-electron chi connectivity index (χ0n) is 13.2. The fraction of sp³-hybridized carbons (Fsp3) is 0.250. The molecule has 0 aliphatic carbocycles. The van der Waals surface area contributed by atoms with Gasteiger partial charge in [-0.2, -0.15) is 5.10 Å². The van der Waals surface area contributed by atoms with Crippen LogP contribution in [0.15, 0.2) is 29.4 Å². The van der Waals surface area contributed by atoms with E-state index >= 15 is 0 Å². The van der Waals surface area contributed by atoms with E-state index in [1.165, 1.54) is 0 Å². The molecule has 1 aromatic carbocycles. The first kappa shape index (κ1) is 17.8. The number of hydrazone groups is 1. The highest BCUT2D eigenvalue weighted by Crippen LogP contribution is 2.28. The second-order valence-electron chi connectivity index (χ2n) is 4.99. The van der Waals surface area contributed by atoms with Crippen molar-refractivity contribution in [3.63, 3.8) is 0 Å². The van der Waals surface area contributed by atoms with E-state index in [1.54, 1.807) is 12.3 Å². The van der Waals surface area contributed by atoms with Crippen molar-refractivity contribution in [2.24, 2.45) is 5.10 Å². The van der Waals surface area contributed by atoms with E-state index in [4.69, 9.17) is 35.4 Å². The number of nitrogens with one attached hydrogen (secondary N) is 2. The van der Waals surface area contributed by atoms with Gasteiger partial charge in [-0.1, -0.05) is 23.2 Å². The van der Waals surface area contributed by atoms with Gasteiger partial charge in [-0.3, -0.25) is 5.43 Å². The summed E-state index contributed by atoms with van der Waals surface area (Å²) >= 11 is 17.4. The van der Waals surface area contributed by atoms with E-state index in [9.17, 15) is 0 Å². The van der Waals surface area contributed by atoms with Crippen molar-refractivity contribution in [1.82, 2.24) is 15.3 Å². The van der Waals surface area contributed by atoms with Crippen LogP contribution in [0.25, 0.3) is 5.69 Å². The molecule has 2 N–H and O–H groups in total. The minimum Gasteiger partial charge on any atom is -0.362 e. The first-order chi connectivity index (χ1) is 10.9.